The Hall–Kier alpha value is -1.73. The first kappa shape index (κ1) is 15.7. The summed E-state index contributed by atoms with van der Waals surface area (Å²) in [4.78, 5) is 0. The van der Waals surface area contributed by atoms with Gasteiger partial charge in [0.05, 0.1) is 13.2 Å². The molecule has 0 amide bonds. The van der Waals surface area contributed by atoms with Crippen molar-refractivity contribution in [2.45, 2.75) is 51.2 Å². The van der Waals surface area contributed by atoms with Crippen molar-refractivity contribution in [3.05, 3.63) is 23.8 Å². The molecule has 2 unspecified atom stereocenters. The molecule has 1 N–H and O–H groups in total. The number of hydrogen-bond acceptors (Lipinski definition) is 4. The molecular formula is C17H24N2O2. The van der Waals surface area contributed by atoms with Gasteiger partial charge in [-0.05, 0) is 43.5 Å². The molecule has 4 nitrogen and oxygen atoms in total. The summed E-state index contributed by atoms with van der Waals surface area (Å²) in [6.45, 7) is 4.94. The lowest BCUT2D eigenvalue weighted by Gasteiger charge is -2.22. The highest BCUT2D eigenvalue weighted by Gasteiger charge is 2.40. The highest BCUT2D eigenvalue weighted by Crippen LogP contribution is 2.36. The second-order valence-electron chi connectivity index (χ2n) is 5.55. The molecule has 1 fully saturated rings. The molecule has 114 valence electrons. The Morgan fingerprint density at radius 1 is 1.38 bits per heavy atom. The van der Waals surface area contributed by atoms with Gasteiger partial charge in [0.1, 0.15) is 11.6 Å². The number of nitrogens with one attached hydrogen (secondary N) is 1. The second-order valence-corrected chi connectivity index (χ2v) is 5.55. The highest BCUT2D eigenvalue weighted by molar-refractivity contribution is 5.43. The Morgan fingerprint density at radius 2 is 2.19 bits per heavy atom. The summed E-state index contributed by atoms with van der Waals surface area (Å²) < 4.78 is 11.5. The Labute approximate surface area is 127 Å². The molecule has 0 spiro atoms. The van der Waals surface area contributed by atoms with Gasteiger partial charge in [-0.15, -0.1) is 0 Å². The van der Waals surface area contributed by atoms with Crippen LogP contribution in [-0.4, -0.2) is 25.3 Å². The summed E-state index contributed by atoms with van der Waals surface area (Å²) in [6, 6.07) is 8.47. The molecule has 1 aliphatic rings. The third-order valence-corrected chi connectivity index (χ3v) is 4.13. The second kappa shape index (κ2) is 6.82. The SMILES string of the molecule is CCNC1(C#N)CCC(Oc2ccc(CC)cc2OC)C1. The van der Waals surface area contributed by atoms with Gasteiger partial charge < -0.3 is 9.47 Å². The van der Waals surface area contributed by atoms with E-state index in [1.807, 2.05) is 19.1 Å². The molecule has 1 aliphatic carbocycles. The summed E-state index contributed by atoms with van der Waals surface area (Å²) in [7, 11) is 1.66. The van der Waals surface area contributed by atoms with E-state index < -0.39 is 5.54 Å². The van der Waals surface area contributed by atoms with Crippen molar-refractivity contribution in [2.24, 2.45) is 0 Å². The first-order valence-corrected chi connectivity index (χ1v) is 7.66. The molecule has 0 aliphatic heterocycles. The third-order valence-electron chi connectivity index (χ3n) is 4.13. The van der Waals surface area contributed by atoms with Crippen LogP contribution in [-0.2, 0) is 6.42 Å². The van der Waals surface area contributed by atoms with Gasteiger partial charge in [0.15, 0.2) is 11.5 Å². The van der Waals surface area contributed by atoms with Gasteiger partial charge in [-0.2, -0.15) is 5.26 Å². The highest BCUT2D eigenvalue weighted by atomic mass is 16.5. The fourth-order valence-electron chi connectivity index (χ4n) is 2.95. The lowest BCUT2D eigenvalue weighted by atomic mass is 10.00. The van der Waals surface area contributed by atoms with E-state index in [2.05, 4.69) is 24.4 Å². The molecule has 2 atom stereocenters. The van der Waals surface area contributed by atoms with Crippen molar-refractivity contribution in [3.8, 4) is 17.6 Å². The summed E-state index contributed by atoms with van der Waals surface area (Å²) in [5, 5.41) is 12.7. The summed E-state index contributed by atoms with van der Waals surface area (Å²) in [5.41, 5.74) is 0.792. The van der Waals surface area contributed by atoms with E-state index in [4.69, 9.17) is 9.47 Å². The Balaban J connectivity index is 2.08. The van der Waals surface area contributed by atoms with Crippen LogP contribution in [0.25, 0.3) is 0 Å². The van der Waals surface area contributed by atoms with Crippen LogP contribution < -0.4 is 14.8 Å². The number of ether oxygens (including phenoxy) is 2. The average molecular weight is 288 g/mol. The number of methoxy groups -OCH3 is 1. The first-order valence-electron chi connectivity index (χ1n) is 7.66. The van der Waals surface area contributed by atoms with Gasteiger partial charge in [0.2, 0.25) is 0 Å². The summed E-state index contributed by atoms with van der Waals surface area (Å²) in [5.74, 6) is 1.54. The molecule has 4 heteroatoms. The van der Waals surface area contributed by atoms with E-state index in [-0.39, 0.29) is 6.10 Å². The minimum absolute atomic E-state index is 0.0603. The van der Waals surface area contributed by atoms with Crippen LogP contribution in [0.3, 0.4) is 0 Å². The molecule has 1 aromatic carbocycles. The third kappa shape index (κ3) is 3.48. The van der Waals surface area contributed by atoms with E-state index >= 15 is 0 Å². The topological polar surface area (TPSA) is 54.3 Å². The van der Waals surface area contributed by atoms with Crippen LogP contribution in [0.1, 0.15) is 38.7 Å². The van der Waals surface area contributed by atoms with Gasteiger partial charge in [0.25, 0.3) is 0 Å². The minimum Gasteiger partial charge on any atom is -0.493 e. The van der Waals surface area contributed by atoms with Crippen molar-refractivity contribution in [1.82, 2.24) is 5.32 Å². The van der Waals surface area contributed by atoms with E-state index in [1.54, 1.807) is 7.11 Å². The summed E-state index contributed by atoms with van der Waals surface area (Å²) >= 11 is 0. The Bertz CT molecular complexity index is 524. The zero-order valence-electron chi connectivity index (χ0n) is 13.1. The first-order chi connectivity index (χ1) is 10.2. The number of nitriles is 1. The average Bonchev–Trinajstić information content (AvgIpc) is 2.91. The minimum atomic E-state index is -0.435. The van der Waals surface area contributed by atoms with E-state index in [9.17, 15) is 5.26 Å². The molecule has 0 bridgehead atoms. The van der Waals surface area contributed by atoms with Crippen LogP contribution in [0.5, 0.6) is 11.5 Å². The quantitative estimate of drug-likeness (QED) is 0.874. The molecule has 0 heterocycles. The van der Waals surface area contributed by atoms with Crippen molar-refractivity contribution in [3.63, 3.8) is 0 Å². The van der Waals surface area contributed by atoms with Crippen LogP contribution in [0.4, 0.5) is 0 Å². The molecule has 2 rings (SSSR count). The number of aryl methyl sites for hydroxylation is 1. The van der Waals surface area contributed by atoms with Gasteiger partial charge in [0, 0.05) is 6.42 Å². The maximum absolute atomic E-state index is 9.41. The number of benzene rings is 1. The van der Waals surface area contributed by atoms with Gasteiger partial charge >= 0.3 is 0 Å². The van der Waals surface area contributed by atoms with Crippen molar-refractivity contribution >= 4 is 0 Å². The fraction of sp³-hybridized carbons (Fsp3) is 0.588. The molecule has 1 aromatic rings. The predicted molar refractivity (Wildman–Crippen MR) is 82.7 cm³/mol. The molecule has 21 heavy (non-hydrogen) atoms. The smallest absolute Gasteiger partial charge is 0.161 e. The molecular weight excluding hydrogens is 264 g/mol. The van der Waals surface area contributed by atoms with Crippen LogP contribution in [0, 0.1) is 11.3 Å². The Kier molecular flexibility index (Phi) is 5.08. The standard InChI is InChI=1S/C17H24N2O2/c1-4-13-6-7-15(16(10-13)20-3)21-14-8-9-17(11-14,12-18)19-5-2/h6-7,10,14,19H,4-5,8-9,11H2,1-3H3. The molecule has 0 aromatic heterocycles. The van der Waals surface area contributed by atoms with E-state index in [1.165, 1.54) is 5.56 Å². The predicted octanol–water partition coefficient (Wildman–Crippen LogP) is 3.06. The fourth-order valence-corrected chi connectivity index (χ4v) is 2.95. The van der Waals surface area contributed by atoms with Crippen LogP contribution >= 0.6 is 0 Å². The molecule has 0 radical (unpaired) electrons. The lowest BCUT2D eigenvalue weighted by molar-refractivity contribution is 0.193. The maximum Gasteiger partial charge on any atom is 0.161 e. The van der Waals surface area contributed by atoms with Crippen molar-refractivity contribution in [2.75, 3.05) is 13.7 Å². The van der Waals surface area contributed by atoms with E-state index in [0.29, 0.717) is 0 Å². The molecule has 0 saturated heterocycles. The molecule has 1 saturated carbocycles. The largest absolute Gasteiger partial charge is 0.493 e. The van der Waals surface area contributed by atoms with Gasteiger partial charge in [-0.1, -0.05) is 19.9 Å². The zero-order chi connectivity index (χ0) is 15.3. The number of hydrogen-bond donors (Lipinski definition) is 1. The maximum atomic E-state index is 9.41. The van der Waals surface area contributed by atoms with Gasteiger partial charge in [-0.3, -0.25) is 5.32 Å². The number of nitrogens with zero attached hydrogens (tertiary/aromatic N) is 1. The summed E-state index contributed by atoms with van der Waals surface area (Å²) in [6.07, 6.45) is 3.47. The van der Waals surface area contributed by atoms with Crippen molar-refractivity contribution in [1.29, 1.82) is 5.26 Å². The normalized spacial score (nSPS) is 24.6. The number of rotatable bonds is 6. The monoisotopic (exact) mass is 288 g/mol. The Morgan fingerprint density at radius 3 is 2.81 bits per heavy atom. The van der Waals surface area contributed by atoms with Crippen LogP contribution in [0.15, 0.2) is 18.2 Å². The van der Waals surface area contributed by atoms with E-state index in [0.717, 1.165) is 43.7 Å². The van der Waals surface area contributed by atoms with Crippen LogP contribution in [0.2, 0.25) is 0 Å². The van der Waals surface area contributed by atoms with Gasteiger partial charge in [-0.25, -0.2) is 0 Å². The van der Waals surface area contributed by atoms with Crippen molar-refractivity contribution < 1.29 is 9.47 Å². The lowest BCUT2D eigenvalue weighted by Crippen LogP contribution is -2.42. The zero-order valence-corrected chi connectivity index (χ0v) is 13.1.